The van der Waals surface area contributed by atoms with Gasteiger partial charge in [-0.25, -0.2) is 12.8 Å². The minimum Gasteiger partial charge on any atom is -0.299 e. The lowest BCUT2D eigenvalue weighted by atomic mass is 10.2. The molecule has 2 aromatic carbocycles. The first-order chi connectivity index (χ1) is 13.6. The van der Waals surface area contributed by atoms with Crippen molar-refractivity contribution in [3.05, 3.63) is 59.9 Å². The molecule has 0 fully saturated rings. The van der Waals surface area contributed by atoms with Crippen LogP contribution in [0.5, 0.6) is 0 Å². The van der Waals surface area contributed by atoms with Gasteiger partial charge >= 0.3 is 0 Å². The number of nitrogens with zero attached hydrogens (tertiary/aromatic N) is 3. The second-order valence-electron chi connectivity index (χ2n) is 6.48. The van der Waals surface area contributed by atoms with E-state index in [1.165, 1.54) is 30.4 Å². The van der Waals surface area contributed by atoms with Crippen LogP contribution in [0.4, 0.5) is 15.2 Å². The molecule has 0 spiro atoms. The van der Waals surface area contributed by atoms with Gasteiger partial charge in [0.05, 0.1) is 11.9 Å². The fraction of sp³-hybridized carbons (Fsp3) is 0.211. The number of sulfonamides is 1. The number of hydrogen-bond acceptors (Lipinski definition) is 6. The standard InChI is InChI=1S/C19H19FN4O3S2/c1-12-4-6-14(7-5-12)18-22-23-19(28-18)21-17(25)13(2)24(29(3,26)27)16-10-8-15(20)9-11-16/h4-11,13H,1-3H3,(H,21,23,25). The molecule has 10 heteroatoms. The van der Waals surface area contributed by atoms with Crippen LogP contribution in [0.15, 0.2) is 48.5 Å². The molecule has 29 heavy (non-hydrogen) atoms. The van der Waals surface area contributed by atoms with Gasteiger partial charge < -0.3 is 0 Å². The van der Waals surface area contributed by atoms with Crippen LogP contribution in [-0.4, -0.2) is 36.8 Å². The van der Waals surface area contributed by atoms with Gasteiger partial charge in [-0.3, -0.25) is 14.4 Å². The maximum atomic E-state index is 13.2. The van der Waals surface area contributed by atoms with E-state index in [1.807, 2.05) is 31.2 Å². The Bertz CT molecular complexity index is 1110. The van der Waals surface area contributed by atoms with Gasteiger partial charge in [0.15, 0.2) is 0 Å². The first kappa shape index (κ1) is 20.9. The maximum Gasteiger partial charge on any atom is 0.249 e. The Balaban J connectivity index is 1.80. The van der Waals surface area contributed by atoms with Crippen molar-refractivity contribution in [3.8, 4) is 10.6 Å². The fourth-order valence-corrected chi connectivity index (χ4v) is 4.62. The van der Waals surface area contributed by atoms with Crippen molar-refractivity contribution in [2.45, 2.75) is 19.9 Å². The van der Waals surface area contributed by atoms with Crippen molar-refractivity contribution < 1.29 is 17.6 Å². The molecule has 0 aliphatic carbocycles. The van der Waals surface area contributed by atoms with Crippen molar-refractivity contribution >= 4 is 38.1 Å². The molecule has 152 valence electrons. The van der Waals surface area contributed by atoms with Crippen LogP contribution in [0, 0.1) is 12.7 Å². The molecule has 3 rings (SSSR count). The van der Waals surface area contributed by atoms with Crippen molar-refractivity contribution in [3.63, 3.8) is 0 Å². The van der Waals surface area contributed by atoms with E-state index in [1.54, 1.807) is 0 Å². The third-order valence-electron chi connectivity index (χ3n) is 4.12. The number of carbonyl (C=O) groups is 1. The number of nitrogens with one attached hydrogen (secondary N) is 1. The molecule has 0 saturated heterocycles. The Labute approximate surface area is 172 Å². The lowest BCUT2D eigenvalue weighted by Gasteiger charge is -2.27. The largest absolute Gasteiger partial charge is 0.299 e. The van der Waals surface area contributed by atoms with E-state index >= 15 is 0 Å². The molecule has 1 aromatic heterocycles. The summed E-state index contributed by atoms with van der Waals surface area (Å²) < 4.78 is 38.6. The highest BCUT2D eigenvalue weighted by Gasteiger charge is 2.29. The molecule has 0 aliphatic heterocycles. The van der Waals surface area contributed by atoms with Gasteiger partial charge in [-0.2, -0.15) is 0 Å². The van der Waals surface area contributed by atoms with E-state index in [9.17, 15) is 17.6 Å². The van der Waals surface area contributed by atoms with Crippen LogP contribution in [0.3, 0.4) is 0 Å². The van der Waals surface area contributed by atoms with Crippen LogP contribution < -0.4 is 9.62 Å². The average Bonchev–Trinajstić information content (AvgIpc) is 3.11. The molecule has 0 saturated carbocycles. The zero-order valence-corrected chi connectivity index (χ0v) is 17.6. The third kappa shape index (κ3) is 4.96. The summed E-state index contributed by atoms with van der Waals surface area (Å²) in [5.74, 6) is -1.08. The van der Waals surface area contributed by atoms with Crippen molar-refractivity contribution in [1.29, 1.82) is 0 Å². The second kappa shape index (κ2) is 8.26. The topological polar surface area (TPSA) is 92.3 Å². The van der Waals surface area contributed by atoms with Crippen LogP contribution in [0.1, 0.15) is 12.5 Å². The number of hydrogen-bond donors (Lipinski definition) is 1. The molecule has 1 heterocycles. The number of anilines is 2. The number of amides is 1. The maximum absolute atomic E-state index is 13.2. The number of aromatic nitrogens is 2. The van der Waals surface area contributed by atoms with E-state index in [0.29, 0.717) is 5.01 Å². The Morgan fingerprint density at radius 3 is 2.31 bits per heavy atom. The van der Waals surface area contributed by atoms with Crippen LogP contribution in [-0.2, 0) is 14.8 Å². The van der Waals surface area contributed by atoms with Crippen molar-refractivity contribution in [2.24, 2.45) is 0 Å². The number of rotatable bonds is 6. The normalized spacial score (nSPS) is 12.4. The molecular weight excluding hydrogens is 415 g/mol. The lowest BCUT2D eigenvalue weighted by Crippen LogP contribution is -2.45. The van der Waals surface area contributed by atoms with Gasteiger partial charge in [0.25, 0.3) is 0 Å². The van der Waals surface area contributed by atoms with Gasteiger partial charge in [-0.1, -0.05) is 41.2 Å². The van der Waals surface area contributed by atoms with Crippen LogP contribution in [0.2, 0.25) is 0 Å². The van der Waals surface area contributed by atoms with Crippen LogP contribution in [0.25, 0.3) is 10.6 Å². The molecule has 1 N–H and O–H groups in total. The van der Waals surface area contributed by atoms with Crippen LogP contribution >= 0.6 is 11.3 Å². The molecule has 1 unspecified atom stereocenters. The number of aryl methyl sites for hydroxylation is 1. The Hall–Kier alpha value is -2.85. The Morgan fingerprint density at radius 1 is 1.10 bits per heavy atom. The first-order valence-electron chi connectivity index (χ1n) is 8.61. The number of benzene rings is 2. The van der Waals surface area contributed by atoms with Gasteiger partial charge in [0.2, 0.25) is 21.1 Å². The van der Waals surface area contributed by atoms with Gasteiger partial charge in [0.1, 0.15) is 16.9 Å². The summed E-state index contributed by atoms with van der Waals surface area (Å²) in [7, 11) is -3.79. The SMILES string of the molecule is Cc1ccc(-c2nnc(NC(=O)C(C)N(c3ccc(F)cc3)S(C)(=O)=O)s2)cc1. The van der Waals surface area contributed by atoms with E-state index < -0.39 is 27.8 Å². The molecule has 7 nitrogen and oxygen atoms in total. The highest BCUT2D eigenvalue weighted by molar-refractivity contribution is 7.92. The smallest absolute Gasteiger partial charge is 0.249 e. The third-order valence-corrected chi connectivity index (χ3v) is 6.25. The van der Waals surface area contributed by atoms with Crippen molar-refractivity contribution in [2.75, 3.05) is 15.9 Å². The number of halogens is 1. The van der Waals surface area contributed by atoms with Crippen molar-refractivity contribution in [1.82, 2.24) is 10.2 Å². The Morgan fingerprint density at radius 2 is 1.72 bits per heavy atom. The summed E-state index contributed by atoms with van der Waals surface area (Å²) in [4.78, 5) is 12.7. The summed E-state index contributed by atoms with van der Waals surface area (Å²) in [6.45, 7) is 3.42. The van der Waals surface area contributed by atoms with E-state index in [2.05, 4.69) is 15.5 Å². The number of carbonyl (C=O) groups excluding carboxylic acids is 1. The summed E-state index contributed by atoms with van der Waals surface area (Å²) in [6, 6.07) is 11.5. The predicted molar refractivity (Wildman–Crippen MR) is 112 cm³/mol. The highest BCUT2D eigenvalue weighted by Crippen LogP contribution is 2.27. The first-order valence-corrected chi connectivity index (χ1v) is 11.3. The molecule has 1 amide bonds. The molecule has 0 aliphatic rings. The molecule has 3 aromatic rings. The lowest BCUT2D eigenvalue weighted by molar-refractivity contribution is -0.116. The molecular formula is C19H19FN4O3S2. The average molecular weight is 435 g/mol. The summed E-state index contributed by atoms with van der Waals surface area (Å²) in [5.41, 5.74) is 2.17. The Kier molecular flexibility index (Phi) is 5.94. The van der Waals surface area contributed by atoms with E-state index in [4.69, 9.17) is 0 Å². The predicted octanol–water partition coefficient (Wildman–Crippen LogP) is 3.45. The summed E-state index contributed by atoms with van der Waals surface area (Å²) in [6.07, 6.45) is 0.987. The second-order valence-corrected chi connectivity index (χ2v) is 9.32. The zero-order chi connectivity index (χ0) is 21.2. The molecule has 0 radical (unpaired) electrons. The summed E-state index contributed by atoms with van der Waals surface area (Å²) >= 11 is 1.18. The highest BCUT2D eigenvalue weighted by atomic mass is 32.2. The summed E-state index contributed by atoms with van der Waals surface area (Å²) in [5, 5.41) is 11.5. The van der Waals surface area contributed by atoms with Gasteiger partial charge in [0, 0.05) is 5.56 Å². The quantitative estimate of drug-likeness (QED) is 0.642. The minimum atomic E-state index is -3.79. The van der Waals surface area contributed by atoms with E-state index in [-0.39, 0.29) is 10.8 Å². The molecule has 1 atom stereocenters. The monoisotopic (exact) mass is 434 g/mol. The van der Waals surface area contributed by atoms with Gasteiger partial charge in [-0.15, -0.1) is 10.2 Å². The van der Waals surface area contributed by atoms with E-state index in [0.717, 1.165) is 33.8 Å². The molecule has 0 bridgehead atoms. The van der Waals surface area contributed by atoms with Gasteiger partial charge in [-0.05, 0) is 38.1 Å². The fourth-order valence-electron chi connectivity index (χ4n) is 2.69. The minimum absolute atomic E-state index is 0.189. The zero-order valence-electron chi connectivity index (χ0n) is 16.0.